The minimum Gasteiger partial charge on any atom is -0.352 e. The molecule has 152 valence electrons. The minimum atomic E-state index is -0.402. The number of amides is 1. The SMILES string of the molecule is Cc1cc(Nc2cnc3c(c2)CN(c2nc4c(cc2C)C(=O)NC4)CC3)c(F)cn1. The maximum absolute atomic E-state index is 14.1. The van der Waals surface area contributed by atoms with E-state index in [1.807, 2.05) is 26.0 Å². The van der Waals surface area contributed by atoms with Gasteiger partial charge in [0.05, 0.1) is 41.6 Å². The number of carbonyl (C=O) groups excluding carboxylic acids is 1. The molecule has 0 bridgehead atoms. The number of anilines is 3. The van der Waals surface area contributed by atoms with Gasteiger partial charge in [0, 0.05) is 30.9 Å². The number of pyridine rings is 3. The molecule has 3 aromatic rings. The van der Waals surface area contributed by atoms with Gasteiger partial charge in [-0.1, -0.05) is 0 Å². The number of carbonyl (C=O) groups is 1. The van der Waals surface area contributed by atoms with Crippen molar-refractivity contribution in [2.45, 2.75) is 33.4 Å². The van der Waals surface area contributed by atoms with E-state index < -0.39 is 5.82 Å². The molecule has 0 unspecified atom stereocenters. The van der Waals surface area contributed by atoms with Gasteiger partial charge in [0.2, 0.25) is 0 Å². The maximum Gasteiger partial charge on any atom is 0.253 e. The van der Waals surface area contributed by atoms with E-state index in [9.17, 15) is 9.18 Å². The molecule has 0 spiro atoms. The van der Waals surface area contributed by atoms with E-state index >= 15 is 0 Å². The molecule has 5 heterocycles. The van der Waals surface area contributed by atoms with Gasteiger partial charge in [-0.2, -0.15) is 0 Å². The molecule has 0 saturated heterocycles. The summed E-state index contributed by atoms with van der Waals surface area (Å²) in [5, 5.41) is 5.93. The normalized spacial score (nSPS) is 14.9. The number of nitrogens with zero attached hydrogens (tertiary/aromatic N) is 4. The van der Waals surface area contributed by atoms with Gasteiger partial charge in [-0.05, 0) is 43.2 Å². The predicted octanol–water partition coefficient (Wildman–Crippen LogP) is 3.18. The first-order valence-corrected chi connectivity index (χ1v) is 9.88. The fourth-order valence-corrected chi connectivity index (χ4v) is 4.02. The van der Waals surface area contributed by atoms with Crippen molar-refractivity contribution in [3.63, 3.8) is 0 Å². The van der Waals surface area contributed by atoms with Gasteiger partial charge in [-0.25, -0.2) is 9.37 Å². The van der Waals surface area contributed by atoms with E-state index in [1.54, 1.807) is 12.3 Å². The van der Waals surface area contributed by atoms with Gasteiger partial charge in [-0.15, -0.1) is 0 Å². The second kappa shape index (κ2) is 7.05. The first-order valence-electron chi connectivity index (χ1n) is 9.88. The van der Waals surface area contributed by atoms with Crippen molar-refractivity contribution in [1.82, 2.24) is 20.3 Å². The van der Waals surface area contributed by atoms with Crippen molar-refractivity contribution in [2.24, 2.45) is 0 Å². The molecule has 2 aliphatic rings. The Morgan fingerprint density at radius 1 is 1.13 bits per heavy atom. The summed E-state index contributed by atoms with van der Waals surface area (Å²) in [6, 6.07) is 5.60. The van der Waals surface area contributed by atoms with Crippen LogP contribution in [-0.4, -0.2) is 27.4 Å². The highest BCUT2D eigenvalue weighted by molar-refractivity contribution is 5.98. The Balaban J connectivity index is 1.42. The predicted molar refractivity (Wildman–Crippen MR) is 111 cm³/mol. The number of nitrogens with one attached hydrogen (secondary N) is 2. The smallest absolute Gasteiger partial charge is 0.253 e. The number of halogens is 1. The van der Waals surface area contributed by atoms with Crippen LogP contribution in [0.5, 0.6) is 0 Å². The van der Waals surface area contributed by atoms with Crippen molar-refractivity contribution in [2.75, 3.05) is 16.8 Å². The highest BCUT2D eigenvalue weighted by Gasteiger charge is 2.25. The van der Waals surface area contributed by atoms with Crippen molar-refractivity contribution in [3.05, 3.63) is 70.2 Å². The van der Waals surface area contributed by atoms with Gasteiger partial charge >= 0.3 is 0 Å². The van der Waals surface area contributed by atoms with E-state index in [1.165, 1.54) is 6.20 Å². The van der Waals surface area contributed by atoms with Gasteiger partial charge < -0.3 is 15.5 Å². The molecule has 0 fully saturated rings. The molecule has 2 N–H and O–H groups in total. The summed E-state index contributed by atoms with van der Waals surface area (Å²) in [6.45, 7) is 5.73. The molecule has 3 aromatic heterocycles. The molecule has 1 amide bonds. The van der Waals surface area contributed by atoms with Crippen LogP contribution in [0.1, 0.15) is 38.6 Å². The number of fused-ring (bicyclic) bond motifs is 2. The third kappa shape index (κ3) is 3.24. The molecular weight excluding hydrogens is 383 g/mol. The molecule has 0 radical (unpaired) electrons. The van der Waals surface area contributed by atoms with Gasteiger partial charge in [0.15, 0.2) is 5.82 Å². The molecule has 5 rings (SSSR count). The van der Waals surface area contributed by atoms with Crippen LogP contribution in [-0.2, 0) is 19.5 Å². The first-order chi connectivity index (χ1) is 14.5. The molecule has 0 aromatic carbocycles. The second-order valence-corrected chi connectivity index (χ2v) is 7.74. The summed E-state index contributed by atoms with van der Waals surface area (Å²) in [4.78, 5) is 27.4. The van der Waals surface area contributed by atoms with E-state index in [0.717, 1.165) is 52.7 Å². The lowest BCUT2D eigenvalue weighted by atomic mass is 10.0. The van der Waals surface area contributed by atoms with Crippen LogP contribution in [0.4, 0.5) is 21.6 Å². The van der Waals surface area contributed by atoms with Crippen LogP contribution in [0.15, 0.2) is 30.6 Å². The minimum absolute atomic E-state index is 0.0605. The molecule has 30 heavy (non-hydrogen) atoms. The third-order valence-corrected chi connectivity index (χ3v) is 5.54. The molecule has 2 aliphatic heterocycles. The van der Waals surface area contributed by atoms with Crippen LogP contribution in [0.25, 0.3) is 0 Å². The summed E-state index contributed by atoms with van der Waals surface area (Å²) >= 11 is 0. The Hall–Kier alpha value is -3.55. The summed E-state index contributed by atoms with van der Waals surface area (Å²) in [5.74, 6) is 0.431. The van der Waals surface area contributed by atoms with Crippen LogP contribution < -0.4 is 15.5 Å². The summed E-state index contributed by atoms with van der Waals surface area (Å²) in [5.41, 5.74) is 6.40. The van der Waals surface area contributed by atoms with Gasteiger partial charge in [-0.3, -0.25) is 14.8 Å². The summed E-state index contributed by atoms with van der Waals surface area (Å²) in [7, 11) is 0. The van der Waals surface area contributed by atoms with Gasteiger partial charge in [0.25, 0.3) is 5.91 Å². The molecule has 7 nitrogen and oxygen atoms in total. The topological polar surface area (TPSA) is 83.0 Å². The van der Waals surface area contributed by atoms with Crippen LogP contribution in [0.2, 0.25) is 0 Å². The summed E-state index contributed by atoms with van der Waals surface area (Å²) in [6.07, 6.45) is 3.75. The van der Waals surface area contributed by atoms with E-state index in [2.05, 4.69) is 25.5 Å². The summed E-state index contributed by atoms with van der Waals surface area (Å²) < 4.78 is 14.1. The highest BCUT2D eigenvalue weighted by Crippen LogP contribution is 2.29. The fourth-order valence-electron chi connectivity index (χ4n) is 4.02. The average Bonchev–Trinajstić information content (AvgIpc) is 3.09. The first kappa shape index (κ1) is 18.5. The number of aromatic nitrogens is 3. The molecular formula is C22H21FN6O. The van der Waals surface area contributed by atoms with Crippen molar-refractivity contribution < 1.29 is 9.18 Å². The van der Waals surface area contributed by atoms with Crippen LogP contribution >= 0.6 is 0 Å². The monoisotopic (exact) mass is 404 g/mol. The van der Waals surface area contributed by atoms with E-state index in [0.29, 0.717) is 24.3 Å². The quantitative estimate of drug-likeness (QED) is 0.698. The zero-order chi connectivity index (χ0) is 20.8. The lowest BCUT2D eigenvalue weighted by Crippen LogP contribution is -2.32. The largest absolute Gasteiger partial charge is 0.352 e. The van der Waals surface area contributed by atoms with Crippen LogP contribution in [0, 0.1) is 19.7 Å². The second-order valence-electron chi connectivity index (χ2n) is 7.74. The van der Waals surface area contributed by atoms with Crippen molar-refractivity contribution in [1.29, 1.82) is 0 Å². The molecule has 0 atom stereocenters. The molecule has 0 aliphatic carbocycles. The molecule has 8 heteroatoms. The Bertz CT molecular complexity index is 1180. The van der Waals surface area contributed by atoms with Crippen LogP contribution in [0.3, 0.4) is 0 Å². The van der Waals surface area contributed by atoms with Crippen molar-refractivity contribution in [3.8, 4) is 0 Å². The number of aryl methyl sites for hydroxylation is 2. The van der Waals surface area contributed by atoms with Gasteiger partial charge in [0.1, 0.15) is 5.82 Å². The number of hydrogen-bond acceptors (Lipinski definition) is 6. The lowest BCUT2D eigenvalue weighted by molar-refractivity contribution is 0.0965. The van der Waals surface area contributed by atoms with Crippen molar-refractivity contribution >= 4 is 23.1 Å². The fraction of sp³-hybridized carbons (Fsp3) is 0.273. The Morgan fingerprint density at radius 3 is 2.87 bits per heavy atom. The number of hydrogen-bond donors (Lipinski definition) is 2. The standard InChI is InChI=1S/C22H21FN6O/c1-12-5-16-20(10-26-22(16)30)28-21(12)29-4-3-18-14(11-29)7-15(8-25-18)27-19-6-13(2)24-9-17(19)23/h5-9H,3-4,10-11H2,1-2H3,(H,24,27)(H,26,30). The highest BCUT2D eigenvalue weighted by atomic mass is 19.1. The molecule has 0 saturated carbocycles. The Kier molecular flexibility index (Phi) is 4.34. The number of rotatable bonds is 3. The maximum atomic E-state index is 14.1. The zero-order valence-corrected chi connectivity index (χ0v) is 16.8. The lowest BCUT2D eigenvalue weighted by Gasteiger charge is -2.31. The van der Waals surface area contributed by atoms with E-state index in [-0.39, 0.29) is 5.91 Å². The third-order valence-electron chi connectivity index (χ3n) is 5.54. The Morgan fingerprint density at radius 2 is 2.00 bits per heavy atom. The Labute approximate surface area is 173 Å². The van der Waals surface area contributed by atoms with E-state index in [4.69, 9.17) is 4.98 Å². The zero-order valence-electron chi connectivity index (χ0n) is 16.8. The average molecular weight is 404 g/mol.